The van der Waals surface area contributed by atoms with Crippen molar-refractivity contribution in [1.29, 1.82) is 0 Å². The van der Waals surface area contributed by atoms with E-state index in [1.165, 1.54) is 17.2 Å². The average Bonchev–Trinajstić information content (AvgIpc) is 2.72. The molecule has 0 amide bonds. The number of rotatable bonds is 5. The Morgan fingerprint density at radius 1 is 1.28 bits per heavy atom. The zero-order valence-electron chi connectivity index (χ0n) is 10.8. The summed E-state index contributed by atoms with van der Waals surface area (Å²) in [6.07, 6.45) is 1.13. The van der Waals surface area contributed by atoms with E-state index in [2.05, 4.69) is 24.5 Å². The van der Waals surface area contributed by atoms with Crippen LogP contribution in [0.4, 0.5) is 4.39 Å². The molecule has 96 valence electrons. The highest BCUT2D eigenvalue weighted by Gasteiger charge is 2.12. The molecular weight excluding hydrogens is 245 g/mol. The Morgan fingerprint density at radius 2 is 2.06 bits per heavy atom. The van der Waals surface area contributed by atoms with E-state index in [9.17, 15) is 4.39 Å². The number of hydrogen-bond donors (Lipinski definition) is 1. The molecule has 1 aromatic carbocycles. The van der Waals surface area contributed by atoms with Gasteiger partial charge in [-0.15, -0.1) is 11.3 Å². The topological polar surface area (TPSA) is 12.0 Å². The van der Waals surface area contributed by atoms with Crippen LogP contribution in [0.2, 0.25) is 0 Å². The van der Waals surface area contributed by atoms with Crippen molar-refractivity contribution in [2.45, 2.75) is 26.8 Å². The maximum atomic E-state index is 13.8. The van der Waals surface area contributed by atoms with Gasteiger partial charge in [-0.3, -0.25) is 0 Å². The third kappa shape index (κ3) is 2.79. The molecule has 0 saturated heterocycles. The minimum atomic E-state index is -0.143. The van der Waals surface area contributed by atoms with Crippen LogP contribution in [0, 0.1) is 12.7 Å². The lowest BCUT2D eigenvalue weighted by Crippen LogP contribution is -2.13. The summed E-state index contributed by atoms with van der Waals surface area (Å²) in [5, 5.41) is 5.51. The van der Waals surface area contributed by atoms with Crippen molar-refractivity contribution in [2.24, 2.45) is 0 Å². The van der Waals surface area contributed by atoms with Gasteiger partial charge in [-0.25, -0.2) is 4.39 Å². The first kappa shape index (κ1) is 13.2. The van der Waals surface area contributed by atoms with Crippen molar-refractivity contribution in [2.75, 3.05) is 6.54 Å². The van der Waals surface area contributed by atoms with Crippen LogP contribution in [0.15, 0.2) is 29.6 Å². The van der Waals surface area contributed by atoms with Gasteiger partial charge in [-0.2, -0.15) is 0 Å². The van der Waals surface area contributed by atoms with Gasteiger partial charge in [0.2, 0.25) is 0 Å². The van der Waals surface area contributed by atoms with Gasteiger partial charge in [-0.1, -0.05) is 25.1 Å². The second kappa shape index (κ2) is 6.12. The average molecular weight is 263 g/mol. The van der Waals surface area contributed by atoms with Crippen LogP contribution in [0.1, 0.15) is 24.5 Å². The summed E-state index contributed by atoms with van der Waals surface area (Å²) in [6, 6.07) is 6.97. The third-order valence-corrected chi connectivity index (χ3v) is 4.17. The van der Waals surface area contributed by atoms with Crippen LogP contribution in [0.5, 0.6) is 0 Å². The Morgan fingerprint density at radius 3 is 2.78 bits per heavy atom. The quantitative estimate of drug-likeness (QED) is 0.790. The number of nitrogens with one attached hydrogen (secondary N) is 1. The van der Waals surface area contributed by atoms with Crippen molar-refractivity contribution >= 4 is 11.3 Å². The molecule has 1 heterocycles. The lowest BCUT2D eigenvalue weighted by Gasteiger charge is -2.05. The van der Waals surface area contributed by atoms with Gasteiger partial charge in [-0.05, 0) is 42.5 Å². The van der Waals surface area contributed by atoms with E-state index in [4.69, 9.17) is 0 Å². The fourth-order valence-electron chi connectivity index (χ4n) is 1.94. The van der Waals surface area contributed by atoms with Crippen molar-refractivity contribution in [1.82, 2.24) is 5.32 Å². The first-order valence-electron chi connectivity index (χ1n) is 6.26. The Balaban J connectivity index is 2.23. The predicted molar refractivity (Wildman–Crippen MR) is 76.4 cm³/mol. The summed E-state index contributed by atoms with van der Waals surface area (Å²) in [5.41, 5.74) is 3.17. The molecule has 0 unspecified atom stereocenters. The molecule has 0 aliphatic carbocycles. The molecule has 0 fully saturated rings. The van der Waals surface area contributed by atoms with E-state index in [1.807, 2.05) is 12.1 Å². The van der Waals surface area contributed by atoms with Gasteiger partial charge >= 0.3 is 0 Å². The first-order valence-corrected chi connectivity index (χ1v) is 7.14. The van der Waals surface area contributed by atoms with Crippen molar-refractivity contribution in [3.63, 3.8) is 0 Å². The standard InChI is InChI=1S/C15H18FNS/c1-3-8-17-9-12-10-18-15(11(12)2)13-6-4-5-7-14(13)16/h4-7,10,17H,3,8-9H2,1-2H3. The Labute approximate surface area is 112 Å². The summed E-state index contributed by atoms with van der Waals surface area (Å²) < 4.78 is 13.8. The normalized spacial score (nSPS) is 10.8. The van der Waals surface area contributed by atoms with E-state index in [0.717, 1.165) is 24.4 Å². The number of hydrogen-bond acceptors (Lipinski definition) is 2. The minimum absolute atomic E-state index is 0.143. The fraction of sp³-hybridized carbons (Fsp3) is 0.333. The summed E-state index contributed by atoms with van der Waals surface area (Å²) in [4.78, 5) is 1.04. The van der Waals surface area contributed by atoms with Crippen LogP contribution in [0.3, 0.4) is 0 Å². The molecule has 3 heteroatoms. The van der Waals surface area contributed by atoms with Gasteiger partial charge in [0.1, 0.15) is 5.82 Å². The fourth-order valence-corrected chi connectivity index (χ4v) is 3.06. The van der Waals surface area contributed by atoms with Crippen LogP contribution in [0.25, 0.3) is 10.4 Å². The van der Waals surface area contributed by atoms with Gasteiger partial charge in [0.25, 0.3) is 0 Å². The van der Waals surface area contributed by atoms with E-state index in [1.54, 1.807) is 17.4 Å². The van der Waals surface area contributed by atoms with Crippen molar-refractivity contribution in [3.8, 4) is 10.4 Å². The molecular formula is C15H18FNS. The summed E-state index contributed by atoms with van der Waals surface area (Å²) in [7, 11) is 0. The summed E-state index contributed by atoms with van der Waals surface area (Å²) >= 11 is 1.62. The second-order valence-electron chi connectivity index (χ2n) is 4.37. The Kier molecular flexibility index (Phi) is 4.50. The molecule has 0 aliphatic rings. The summed E-state index contributed by atoms with van der Waals surface area (Å²) in [5.74, 6) is -0.143. The SMILES string of the molecule is CCCNCc1csc(-c2ccccc2F)c1C. The molecule has 2 rings (SSSR count). The molecule has 0 bridgehead atoms. The minimum Gasteiger partial charge on any atom is -0.313 e. The first-order chi connectivity index (χ1) is 8.74. The van der Waals surface area contributed by atoms with Gasteiger partial charge < -0.3 is 5.32 Å². The van der Waals surface area contributed by atoms with Crippen LogP contribution < -0.4 is 5.32 Å². The van der Waals surface area contributed by atoms with Gasteiger partial charge in [0, 0.05) is 17.0 Å². The molecule has 2 aromatic rings. The Hall–Kier alpha value is -1.19. The molecule has 18 heavy (non-hydrogen) atoms. The van der Waals surface area contributed by atoms with Crippen LogP contribution >= 0.6 is 11.3 Å². The highest BCUT2D eigenvalue weighted by atomic mass is 32.1. The highest BCUT2D eigenvalue weighted by molar-refractivity contribution is 7.14. The molecule has 0 spiro atoms. The zero-order valence-corrected chi connectivity index (χ0v) is 11.6. The number of halogens is 1. The zero-order chi connectivity index (χ0) is 13.0. The van der Waals surface area contributed by atoms with Crippen molar-refractivity contribution < 1.29 is 4.39 Å². The second-order valence-corrected chi connectivity index (χ2v) is 5.25. The van der Waals surface area contributed by atoms with E-state index < -0.39 is 0 Å². The maximum absolute atomic E-state index is 13.8. The molecule has 1 aromatic heterocycles. The molecule has 0 atom stereocenters. The molecule has 0 aliphatic heterocycles. The number of benzene rings is 1. The monoisotopic (exact) mass is 263 g/mol. The van der Waals surface area contributed by atoms with E-state index in [0.29, 0.717) is 5.56 Å². The van der Waals surface area contributed by atoms with E-state index in [-0.39, 0.29) is 5.82 Å². The molecule has 0 radical (unpaired) electrons. The van der Waals surface area contributed by atoms with Crippen LogP contribution in [-0.4, -0.2) is 6.54 Å². The summed E-state index contributed by atoms with van der Waals surface area (Å²) in [6.45, 7) is 6.11. The molecule has 1 nitrogen and oxygen atoms in total. The lowest BCUT2D eigenvalue weighted by atomic mass is 10.1. The highest BCUT2D eigenvalue weighted by Crippen LogP contribution is 2.33. The van der Waals surface area contributed by atoms with Gasteiger partial charge in [0.05, 0.1) is 0 Å². The maximum Gasteiger partial charge on any atom is 0.131 e. The largest absolute Gasteiger partial charge is 0.313 e. The molecule has 1 N–H and O–H groups in total. The predicted octanol–water partition coefficient (Wildman–Crippen LogP) is 4.36. The van der Waals surface area contributed by atoms with E-state index >= 15 is 0 Å². The smallest absolute Gasteiger partial charge is 0.131 e. The van der Waals surface area contributed by atoms with Crippen molar-refractivity contribution in [3.05, 3.63) is 46.6 Å². The Bertz CT molecular complexity index is 519. The third-order valence-electron chi connectivity index (χ3n) is 3.00. The lowest BCUT2D eigenvalue weighted by molar-refractivity contribution is 0.631. The van der Waals surface area contributed by atoms with Gasteiger partial charge in [0.15, 0.2) is 0 Å². The molecule has 0 saturated carbocycles. The number of thiophene rings is 1. The van der Waals surface area contributed by atoms with Crippen LogP contribution in [-0.2, 0) is 6.54 Å².